The second-order valence-electron chi connectivity index (χ2n) is 3.68. The van der Waals surface area contributed by atoms with Gasteiger partial charge < -0.3 is 5.11 Å². The summed E-state index contributed by atoms with van der Waals surface area (Å²) in [6, 6.07) is 4.52. The van der Waals surface area contributed by atoms with Crippen molar-refractivity contribution in [2.24, 2.45) is 0 Å². The lowest BCUT2D eigenvalue weighted by Crippen LogP contribution is -2.28. The molecule has 1 N–H and O–H groups in total. The van der Waals surface area contributed by atoms with Gasteiger partial charge in [0, 0.05) is 0 Å². The van der Waals surface area contributed by atoms with Gasteiger partial charge in [-0.2, -0.15) is 0 Å². The number of carbonyl (C=O) groups is 2. The summed E-state index contributed by atoms with van der Waals surface area (Å²) in [4.78, 5) is 24.7. The average molecular weight is 294 g/mol. The monoisotopic (exact) mass is 293 g/mol. The molecule has 0 aromatic heterocycles. The molecule has 0 saturated carbocycles. The molecule has 0 unspecified atom stereocenters. The topological polar surface area (TPSA) is 57.6 Å². The zero-order valence-electron chi connectivity index (χ0n) is 9.59. The molecule has 4 nitrogen and oxygen atoms in total. The van der Waals surface area contributed by atoms with Crippen LogP contribution in [0.1, 0.15) is 5.56 Å². The van der Waals surface area contributed by atoms with Gasteiger partial charge in [0.2, 0.25) is 0 Å². The third-order valence-electron chi connectivity index (χ3n) is 2.39. The number of hydrogen-bond donors (Lipinski definition) is 1. The van der Waals surface area contributed by atoms with E-state index in [2.05, 4.69) is 5.92 Å². The summed E-state index contributed by atoms with van der Waals surface area (Å²) in [5.74, 6) is 1.80. The van der Waals surface area contributed by atoms with Crippen LogP contribution in [0, 0.1) is 12.3 Å². The Hall–Kier alpha value is -1.90. The summed E-state index contributed by atoms with van der Waals surface area (Å²) >= 11 is 6.59. The van der Waals surface area contributed by atoms with Crippen molar-refractivity contribution in [2.75, 3.05) is 6.54 Å². The van der Waals surface area contributed by atoms with E-state index >= 15 is 0 Å². The van der Waals surface area contributed by atoms with Gasteiger partial charge in [-0.15, -0.1) is 6.42 Å². The predicted octanol–water partition coefficient (Wildman–Crippen LogP) is 2.72. The van der Waals surface area contributed by atoms with Gasteiger partial charge in [0.25, 0.3) is 11.1 Å². The number of phenols is 1. The minimum Gasteiger partial charge on any atom is -0.506 e. The second kappa shape index (κ2) is 5.39. The quantitative estimate of drug-likeness (QED) is 0.673. The number of imide groups is 1. The number of amides is 2. The first kappa shape index (κ1) is 13.5. The summed E-state index contributed by atoms with van der Waals surface area (Å²) in [5.41, 5.74) is 0.619. The molecule has 0 spiro atoms. The van der Waals surface area contributed by atoms with E-state index in [0.717, 1.165) is 16.7 Å². The Balaban J connectivity index is 2.30. The first-order valence-electron chi connectivity index (χ1n) is 5.20. The van der Waals surface area contributed by atoms with Gasteiger partial charge in [0.05, 0.1) is 16.5 Å². The van der Waals surface area contributed by atoms with Crippen LogP contribution in [0.2, 0.25) is 5.02 Å². The maximum absolute atomic E-state index is 11.9. The second-order valence-corrected chi connectivity index (χ2v) is 5.08. The summed E-state index contributed by atoms with van der Waals surface area (Å²) < 4.78 is 0. The smallest absolute Gasteiger partial charge is 0.294 e. The fourth-order valence-electron chi connectivity index (χ4n) is 1.49. The molecule has 19 heavy (non-hydrogen) atoms. The van der Waals surface area contributed by atoms with Crippen LogP contribution in [0.5, 0.6) is 5.75 Å². The van der Waals surface area contributed by atoms with Crippen molar-refractivity contribution in [3.05, 3.63) is 33.7 Å². The van der Waals surface area contributed by atoms with Crippen molar-refractivity contribution >= 4 is 40.6 Å². The number of aromatic hydroxyl groups is 1. The minimum absolute atomic E-state index is 0.0424. The first-order valence-corrected chi connectivity index (χ1v) is 6.39. The molecule has 2 amide bonds. The Labute approximate surface area is 119 Å². The molecule has 1 saturated heterocycles. The zero-order valence-corrected chi connectivity index (χ0v) is 11.2. The minimum atomic E-state index is -0.419. The van der Waals surface area contributed by atoms with E-state index < -0.39 is 5.91 Å². The van der Waals surface area contributed by atoms with Gasteiger partial charge in [0.15, 0.2) is 0 Å². The Bertz CT molecular complexity index is 633. The van der Waals surface area contributed by atoms with Gasteiger partial charge in [-0.3, -0.25) is 14.5 Å². The highest BCUT2D eigenvalue weighted by molar-refractivity contribution is 8.18. The fraction of sp³-hybridized carbons (Fsp3) is 0.0769. The normalized spacial score (nSPS) is 17.1. The van der Waals surface area contributed by atoms with Crippen molar-refractivity contribution in [3.63, 3.8) is 0 Å². The molecule has 1 aliphatic rings. The lowest BCUT2D eigenvalue weighted by molar-refractivity contribution is -0.122. The number of nitrogens with zero attached hydrogens (tertiary/aromatic N) is 1. The number of carbonyl (C=O) groups excluding carboxylic acids is 2. The highest BCUT2D eigenvalue weighted by atomic mass is 35.5. The average Bonchev–Trinajstić information content (AvgIpc) is 2.62. The summed E-state index contributed by atoms with van der Waals surface area (Å²) in [6.07, 6.45) is 6.63. The maximum Gasteiger partial charge on any atom is 0.294 e. The number of rotatable bonds is 2. The molecule has 0 aliphatic carbocycles. The van der Waals surface area contributed by atoms with E-state index in [0.29, 0.717) is 5.56 Å². The molecule has 6 heteroatoms. The number of halogens is 1. The molecule has 1 aliphatic heterocycles. The lowest BCUT2D eigenvalue weighted by atomic mass is 10.2. The van der Waals surface area contributed by atoms with Crippen LogP contribution in [0.15, 0.2) is 23.1 Å². The van der Waals surface area contributed by atoms with Gasteiger partial charge in [-0.1, -0.05) is 23.6 Å². The summed E-state index contributed by atoms with van der Waals surface area (Å²) in [6.45, 7) is -0.0433. The van der Waals surface area contributed by atoms with Crippen molar-refractivity contribution in [2.45, 2.75) is 0 Å². The van der Waals surface area contributed by atoms with E-state index in [-0.39, 0.29) is 27.5 Å². The van der Waals surface area contributed by atoms with Crippen LogP contribution in [0.3, 0.4) is 0 Å². The van der Waals surface area contributed by atoms with E-state index in [1.807, 2.05) is 0 Å². The van der Waals surface area contributed by atoms with Gasteiger partial charge >= 0.3 is 0 Å². The summed E-state index contributed by atoms with van der Waals surface area (Å²) in [5, 5.41) is 9.09. The lowest BCUT2D eigenvalue weighted by Gasteiger charge is -2.06. The van der Waals surface area contributed by atoms with Crippen molar-refractivity contribution in [3.8, 4) is 18.1 Å². The van der Waals surface area contributed by atoms with Gasteiger partial charge in [0.1, 0.15) is 5.75 Å². The molecule has 1 aromatic carbocycles. The molecule has 1 fully saturated rings. The molecule has 1 aromatic rings. The maximum atomic E-state index is 11.9. The molecular weight excluding hydrogens is 286 g/mol. The van der Waals surface area contributed by atoms with Crippen LogP contribution < -0.4 is 0 Å². The van der Waals surface area contributed by atoms with Crippen LogP contribution in [0.25, 0.3) is 6.08 Å². The Morgan fingerprint density at radius 1 is 1.47 bits per heavy atom. The van der Waals surface area contributed by atoms with Gasteiger partial charge in [-0.25, -0.2) is 0 Å². The highest BCUT2D eigenvalue weighted by Gasteiger charge is 2.34. The molecule has 96 valence electrons. The molecule has 0 atom stereocenters. The molecule has 0 radical (unpaired) electrons. The standard InChI is InChI=1S/C13H8ClNO3S/c1-2-5-15-12(17)11(19-13(15)18)7-8-3-4-10(16)9(14)6-8/h1,3-4,6-7,16H,5H2. The van der Waals surface area contributed by atoms with Crippen molar-refractivity contribution in [1.29, 1.82) is 0 Å². The zero-order chi connectivity index (χ0) is 14.0. The van der Waals surface area contributed by atoms with E-state index in [1.165, 1.54) is 18.2 Å². The fourth-order valence-corrected chi connectivity index (χ4v) is 2.52. The third kappa shape index (κ3) is 2.75. The molecular formula is C13H8ClNO3S. The molecule has 1 heterocycles. The Morgan fingerprint density at radius 2 is 2.21 bits per heavy atom. The van der Waals surface area contributed by atoms with Crippen LogP contribution in [0.4, 0.5) is 4.79 Å². The Morgan fingerprint density at radius 3 is 2.84 bits per heavy atom. The highest BCUT2D eigenvalue weighted by Crippen LogP contribution is 2.33. The van der Waals surface area contributed by atoms with E-state index in [9.17, 15) is 14.7 Å². The third-order valence-corrected chi connectivity index (χ3v) is 3.60. The van der Waals surface area contributed by atoms with E-state index in [1.54, 1.807) is 6.07 Å². The number of benzene rings is 1. The van der Waals surface area contributed by atoms with Crippen LogP contribution in [-0.4, -0.2) is 27.7 Å². The molecule has 2 rings (SSSR count). The van der Waals surface area contributed by atoms with E-state index in [4.69, 9.17) is 18.0 Å². The Kier molecular flexibility index (Phi) is 3.84. The number of thioether (sulfide) groups is 1. The van der Waals surface area contributed by atoms with Gasteiger partial charge in [-0.05, 0) is 35.5 Å². The largest absolute Gasteiger partial charge is 0.506 e. The first-order chi connectivity index (χ1) is 9.02. The number of phenolic OH excluding ortho intramolecular Hbond substituents is 1. The van der Waals surface area contributed by atoms with Crippen molar-refractivity contribution in [1.82, 2.24) is 4.90 Å². The molecule has 0 bridgehead atoms. The van der Waals surface area contributed by atoms with Crippen molar-refractivity contribution < 1.29 is 14.7 Å². The van der Waals surface area contributed by atoms with Crippen LogP contribution >= 0.6 is 23.4 Å². The number of terminal acetylenes is 1. The number of hydrogen-bond acceptors (Lipinski definition) is 4. The van der Waals surface area contributed by atoms with Crippen LogP contribution in [-0.2, 0) is 4.79 Å². The summed E-state index contributed by atoms with van der Waals surface area (Å²) in [7, 11) is 0. The predicted molar refractivity (Wildman–Crippen MR) is 74.6 cm³/mol. The SMILES string of the molecule is C#CCN1C(=O)SC(=Cc2ccc(O)c(Cl)c2)C1=O.